The summed E-state index contributed by atoms with van der Waals surface area (Å²) in [6.45, 7) is 2.43. The third kappa shape index (κ3) is 2.69. The van der Waals surface area contributed by atoms with Crippen molar-refractivity contribution in [2.24, 2.45) is 5.92 Å². The first-order chi connectivity index (χ1) is 13.1. The van der Waals surface area contributed by atoms with Crippen LogP contribution in [-0.2, 0) is 12.1 Å². The van der Waals surface area contributed by atoms with Gasteiger partial charge in [0.2, 0.25) is 0 Å². The average molecular weight is 366 g/mol. The molecule has 6 heteroatoms. The Morgan fingerprint density at radius 2 is 2.00 bits per heavy atom. The number of fused-ring (bicyclic) bond motifs is 4. The van der Waals surface area contributed by atoms with Crippen molar-refractivity contribution >= 4 is 6.03 Å². The van der Waals surface area contributed by atoms with Crippen molar-refractivity contribution in [2.75, 3.05) is 27.2 Å². The van der Waals surface area contributed by atoms with Gasteiger partial charge in [-0.1, -0.05) is 12.1 Å². The van der Waals surface area contributed by atoms with Crippen LogP contribution in [-0.4, -0.2) is 52.6 Å². The highest BCUT2D eigenvalue weighted by atomic mass is 16.5. The van der Waals surface area contributed by atoms with Crippen molar-refractivity contribution < 1.29 is 9.53 Å². The lowest BCUT2D eigenvalue weighted by molar-refractivity contribution is -0.00396. The van der Waals surface area contributed by atoms with Crippen LogP contribution in [0.25, 0.3) is 11.3 Å². The van der Waals surface area contributed by atoms with Crippen molar-refractivity contribution in [3.63, 3.8) is 0 Å². The molecule has 0 radical (unpaired) electrons. The van der Waals surface area contributed by atoms with Crippen molar-refractivity contribution in [2.45, 2.75) is 37.8 Å². The molecule has 2 amide bonds. The monoisotopic (exact) mass is 366 g/mol. The molecule has 1 aromatic heterocycles. The van der Waals surface area contributed by atoms with Gasteiger partial charge in [-0.25, -0.2) is 9.78 Å². The summed E-state index contributed by atoms with van der Waals surface area (Å²) in [6, 6.07) is 8.27. The van der Waals surface area contributed by atoms with Gasteiger partial charge in [-0.15, -0.1) is 0 Å². The normalized spacial score (nSPS) is 20.0. The number of aromatic nitrogens is 2. The largest absolute Gasteiger partial charge is 0.480 e. The Balaban J connectivity index is 1.53. The number of ether oxygens (including phenoxy) is 1. The highest BCUT2D eigenvalue weighted by Crippen LogP contribution is 2.49. The molecule has 1 spiro atoms. The zero-order valence-corrected chi connectivity index (χ0v) is 16.0. The molecule has 27 heavy (non-hydrogen) atoms. The molecule has 142 valence electrons. The molecule has 2 aliphatic heterocycles. The summed E-state index contributed by atoms with van der Waals surface area (Å²) in [4.78, 5) is 20.8. The summed E-state index contributed by atoms with van der Waals surface area (Å²) in [5.41, 5.74) is 2.97. The van der Waals surface area contributed by atoms with E-state index in [-0.39, 0.29) is 6.03 Å². The number of imidazole rings is 1. The van der Waals surface area contributed by atoms with E-state index in [2.05, 4.69) is 10.6 Å². The van der Waals surface area contributed by atoms with E-state index in [1.807, 2.05) is 43.5 Å². The van der Waals surface area contributed by atoms with Gasteiger partial charge in [0, 0.05) is 52.1 Å². The van der Waals surface area contributed by atoms with Gasteiger partial charge < -0.3 is 19.1 Å². The molecule has 1 aromatic carbocycles. The first kappa shape index (κ1) is 16.7. The number of hydrogen-bond donors (Lipinski definition) is 0. The Morgan fingerprint density at radius 1 is 1.26 bits per heavy atom. The molecule has 0 unspecified atom stereocenters. The summed E-state index contributed by atoms with van der Waals surface area (Å²) < 4.78 is 8.99. The Morgan fingerprint density at radius 3 is 2.70 bits per heavy atom. The van der Waals surface area contributed by atoms with Gasteiger partial charge in [-0.05, 0) is 30.9 Å². The van der Waals surface area contributed by atoms with Gasteiger partial charge >= 0.3 is 6.03 Å². The number of piperidine rings is 1. The molecule has 0 bridgehead atoms. The maximum Gasteiger partial charge on any atom is 0.319 e. The van der Waals surface area contributed by atoms with Gasteiger partial charge in [-0.3, -0.25) is 0 Å². The number of nitrogens with zero attached hydrogens (tertiary/aromatic N) is 4. The van der Waals surface area contributed by atoms with Crippen molar-refractivity contribution in [1.29, 1.82) is 0 Å². The number of rotatable bonds is 2. The Labute approximate surface area is 159 Å². The van der Waals surface area contributed by atoms with Crippen molar-refractivity contribution in [3.8, 4) is 17.0 Å². The zero-order valence-electron chi connectivity index (χ0n) is 16.0. The third-order valence-corrected chi connectivity index (χ3v) is 6.09. The molecular weight excluding hydrogens is 340 g/mol. The van der Waals surface area contributed by atoms with Gasteiger partial charge in [-0.2, -0.15) is 0 Å². The highest BCUT2D eigenvalue weighted by Gasteiger charge is 2.47. The predicted molar refractivity (Wildman–Crippen MR) is 103 cm³/mol. The number of hydrogen-bond acceptors (Lipinski definition) is 3. The Kier molecular flexibility index (Phi) is 3.71. The lowest BCUT2D eigenvalue weighted by Crippen LogP contribution is -2.51. The number of urea groups is 1. The third-order valence-electron chi connectivity index (χ3n) is 6.09. The van der Waals surface area contributed by atoms with Crippen LogP contribution in [0.2, 0.25) is 0 Å². The lowest BCUT2D eigenvalue weighted by Gasteiger charge is -2.45. The van der Waals surface area contributed by atoms with E-state index in [0.717, 1.165) is 42.3 Å². The average Bonchev–Trinajstić information content (AvgIpc) is 3.38. The summed E-state index contributed by atoms with van der Waals surface area (Å²) in [5.74, 6) is 1.68. The Bertz CT molecular complexity index is 876. The summed E-state index contributed by atoms with van der Waals surface area (Å²) in [6.07, 6.45) is 6.20. The highest BCUT2D eigenvalue weighted by molar-refractivity contribution is 5.75. The quantitative estimate of drug-likeness (QED) is 0.819. The first-order valence-corrected chi connectivity index (χ1v) is 9.88. The smallest absolute Gasteiger partial charge is 0.319 e. The minimum Gasteiger partial charge on any atom is -0.480 e. The van der Waals surface area contributed by atoms with Crippen LogP contribution >= 0.6 is 0 Å². The molecule has 1 saturated heterocycles. The molecule has 3 aliphatic rings. The zero-order chi connectivity index (χ0) is 18.6. The van der Waals surface area contributed by atoms with Crippen LogP contribution in [0.1, 0.15) is 31.4 Å². The van der Waals surface area contributed by atoms with Crippen LogP contribution in [0.3, 0.4) is 0 Å². The van der Waals surface area contributed by atoms with Gasteiger partial charge in [0.15, 0.2) is 5.60 Å². The standard InChI is InChI=1S/C21H26N4O2/c1-23(2)20(26)24-11-9-21(10-12-24)19-18(16-5-3-4-6-17(16)27-21)22-14-25(19)13-15-7-8-15/h3-6,14-15H,7-13H2,1-2H3. The number of carbonyl (C=O) groups excluding carboxylic acids is 1. The molecule has 2 fully saturated rings. The second-order valence-corrected chi connectivity index (χ2v) is 8.29. The fourth-order valence-electron chi connectivity index (χ4n) is 4.46. The first-order valence-electron chi connectivity index (χ1n) is 9.88. The fraction of sp³-hybridized carbons (Fsp3) is 0.524. The number of carbonyl (C=O) groups is 1. The second kappa shape index (κ2) is 6.01. The predicted octanol–water partition coefficient (Wildman–Crippen LogP) is 3.33. The van der Waals surface area contributed by atoms with Crippen LogP contribution < -0.4 is 4.74 Å². The van der Waals surface area contributed by atoms with Crippen LogP contribution in [0.4, 0.5) is 4.79 Å². The number of likely N-dealkylation sites (tertiary alicyclic amines) is 1. The Hall–Kier alpha value is -2.50. The van der Waals surface area contributed by atoms with E-state index in [0.29, 0.717) is 13.1 Å². The van der Waals surface area contributed by atoms with Crippen molar-refractivity contribution in [3.05, 3.63) is 36.3 Å². The molecule has 6 nitrogen and oxygen atoms in total. The van der Waals surface area contributed by atoms with E-state index in [1.165, 1.54) is 18.5 Å². The molecule has 1 aliphatic carbocycles. The van der Waals surface area contributed by atoms with E-state index >= 15 is 0 Å². The SMILES string of the molecule is CN(C)C(=O)N1CCC2(CC1)Oc1ccccc1-c1ncn(CC3CC3)c12. The van der Waals surface area contributed by atoms with Crippen molar-refractivity contribution in [1.82, 2.24) is 19.4 Å². The molecule has 1 saturated carbocycles. The van der Waals surface area contributed by atoms with Gasteiger partial charge in [0.1, 0.15) is 5.75 Å². The molecule has 2 aromatic rings. The van der Waals surface area contributed by atoms with Crippen LogP contribution in [0.5, 0.6) is 5.75 Å². The minimum atomic E-state index is -0.391. The minimum absolute atomic E-state index is 0.0766. The summed E-state index contributed by atoms with van der Waals surface area (Å²) in [7, 11) is 3.62. The summed E-state index contributed by atoms with van der Waals surface area (Å²) in [5, 5.41) is 0. The van der Waals surface area contributed by atoms with Gasteiger partial charge in [0.05, 0.1) is 17.7 Å². The lowest BCUT2D eigenvalue weighted by atomic mass is 9.83. The fourth-order valence-corrected chi connectivity index (χ4v) is 4.46. The summed E-state index contributed by atoms with van der Waals surface area (Å²) >= 11 is 0. The number of para-hydroxylation sites is 1. The molecule has 0 atom stereocenters. The maximum atomic E-state index is 12.4. The number of benzene rings is 1. The van der Waals surface area contributed by atoms with E-state index in [4.69, 9.17) is 9.72 Å². The van der Waals surface area contributed by atoms with Gasteiger partial charge in [0.25, 0.3) is 0 Å². The molecule has 3 heterocycles. The molecule has 0 N–H and O–H groups in total. The van der Waals surface area contributed by atoms with E-state index < -0.39 is 5.60 Å². The number of amides is 2. The molecular formula is C21H26N4O2. The van der Waals surface area contributed by atoms with E-state index in [9.17, 15) is 4.79 Å². The van der Waals surface area contributed by atoms with Crippen LogP contribution in [0.15, 0.2) is 30.6 Å². The van der Waals surface area contributed by atoms with Crippen LogP contribution in [0, 0.1) is 5.92 Å². The molecule has 5 rings (SSSR count). The van der Waals surface area contributed by atoms with E-state index in [1.54, 1.807) is 4.90 Å². The maximum absolute atomic E-state index is 12.4. The topological polar surface area (TPSA) is 50.6 Å². The second-order valence-electron chi connectivity index (χ2n) is 8.29.